The van der Waals surface area contributed by atoms with Crippen molar-refractivity contribution >= 4 is 5.97 Å². The van der Waals surface area contributed by atoms with Crippen molar-refractivity contribution in [1.29, 1.82) is 0 Å². The molecule has 1 fully saturated rings. The molecule has 0 aromatic heterocycles. The molecule has 1 N–H and O–H groups in total. The summed E-state index contributed by atoms with van der Waals surface area (Å²) >= 11 is 0. The van der Waals surface area contributed by atoms with Crippen molar-refractivity contribution in [3.63, 3.8) is 0 Å². The molecule has 0 aromatic rings. The molecule has 0 aromatic carbocycles. The lowest BCUT2D eigenvalue weighted by Crippen LogP contribution is -2.44. The van der Waals surface area contributed by atoms with Crippen LogP contribution in [0.1, 0.15) is 19.8 Å². The molecule has 1 aliphatic rings. The summed E-state index contributed by atoms with van der Waals surface area (Å²) < 4.78 is 4.77. The van der Waals surface area contributed by atoms with E-state index in [4.69, 9.17) is 4.74 Å². The Labute approximate surface area is 60.7 Å². The summed E-state index contributed by atoms with van der Waals surface area (Å²) in [6.07, 6.45) is 1.65. The van der Waals surface area contributed by atoms with E-state index in [0.717, 1.165) is 13.0 Å². The topological polar surface area (TPSA) is 38.3 Å². The molecule has 0 saturated carbocycles. The van der Waals surface area contributed by atoms with Crippen molar-refractivity contribution in [2.24, 2.45) is 0 Å². The van der Waals surface area contributed by atoms with Crippen LogP contribution in [0.4, 0.5) is 0 Å². The van der Waals surface area contributed by atoms with Crippen LogP contribution in [-0.4, -0.2) is 25.2 Å². The van der Waals surface area contributed by atoms with E-state index >= 15 is 0 Å². The average Bonchev–Trinajstić information content (AvgIpc) is 1.80. The molecule has 1 saturated heterocycles. The van der Waals surface area contributed by atoms with Crippen LogP contribution in [0.15, 0.2) is 0 Å². The molecule has 1 heterocycles. The number of nitrogens with one attached hydrogen (secondary N) is 1. The van der Waals surface area contributed by atoms with E-state index in [0.29, 0.717) is 19.1 Å². The van der Waals surface area contributed by atoms with Gasteiger partial charge in [-0.1, -0.05) is 0 Å². The van der Waals surface area contributed by atoms with Gasteiger partial charge < -0.3 is 10.1 Å². The van der Waals surface area contributed by atoms with Crippen molar-refractivity contribution < 1.29 is 9.53 Å². The minimum atomic E-state index is -0.0836. The quantitative estimate of drug-likeness (QED) is 0.577. The highest BCUT2D eigenvalue weighted by Gasteiger charge is 2.19. The van der Waals surface area contributed by atoms with Gasteiger partial charge in [0.2, 0.25) is 0 Å². The first kappa shape index (κ1) is 7.54. The Morgan fingerprint density at radius 1 is 1.80 bits per heavy atom. The number of carbonyl (C=O) groups is 1. The Bertz CT molecular complexity index is 121. The summed E-state index contributed by atoms with van der Waals surface area (Å²) in [5.74, 6) is -0.0836. The Hall–Kier alpha value is -0.570. The SMILES string of the molecule is CCOC(=O)CC1CCN1. The maximum absolute atomic E-state index is 10.8. The number of esters is 1. The molecular weight excluding hydrogens is 130 g/mol. The Balaban J connectivity index is 2.05. The molecule has 0 amide bonds. The predicted molar refractivity (Wildman–Crippen MR) is 37.7 cm³/mol. The lowest BCUT2D eigenvalue weighted by molar-refractivity contribution is -0.144. The van der Waals surface area contributed by atoms with E-state index in [1.807, 2.05) is 6.92 Å². The third kappa shape index (κ3) is 1.99. The van der Waals surface area contributed by atoms with Crippen molar-refractivity contribution in [2.45, 2.75) is 25.8 Å². The van der Waals surface area contributed by atoms with Gasteiger partial charge in [-0.15, -0.1) is 0 Å². The summed E-state index contributed by atoms with van der Waals surface area (Å²) in [6, 6.07) is 0.388. The zero-order chi connectivity index (χ0) is 7.40. The summed E-state index contributed by atoms with van der Waals surface area (Å²) in [5, 5.41) is 3.13. The molecule has 58 valence electrons. The maximum atomic E-state index is 10.8. The zero-order valence-electron chi connectivity index (χ0n) is 6.22. The fraction of sp³-hybridized carbons (Fsp3) is 0.857. The molecule has 0 bridgehead atoms. The minimum Gasteiger partial charge on any atom is -0.466 e. The lowest BCUT2D eigenvalue weighted by Gasteiger charge is -2.26. The monoisotopic (exact) mass is 143 g/mol. The molecule has 0 spiro atoms. The van der Waals surface area contributed by atoms with E-state index < -0.39 is 0 Å². The summed E-state index contributed by atoms with van der Waals surface area (Å²) in [4.78, 5) is 10.8. The number of ether oxygens (including phenoxy) is 1. The van der Waals surface area contributed by atoms with Gasteiger partial charge in [0.15, 0.2) is 0 Å². The minimum absolute atomic E-state index is 0.0836. The van der Waals surface area contributed by atoms with E-state index in [1.54, 1.807) is 0 Å². The van der Waals surface area contributed by atoms with Crippen LogP contribution in [0.25, 0.3) is 0 Å². The molecule has 1 atom stereocenters. The second-order valence-corrected chi connectivity index (χ2v) is 2.45. The molecule has 1 aliphatic heterocycles. The normalized spacial score (nSPS) is 23.5. The van der Waals surface area contributed by atoms with Crippen LogP contribution < -0.4 is 5.32 Å². The van der Waals surface area contributed by atoms with Crippen molar-refractivity contribution in [3.05, 3.63) is 0 Å². The van der Waals surface area contributed by atoms with Gasteiger partial charge in [-0.2, -0.15) is 0 Å². The van der Waals surface area contributed by atoms with Gasteiger partial charge in [0, 0.05) is 6.04 Å². The standard InChI is InChI=1S/C7H13NO2/c1-2-10-7(9)5-6-3-4-8-6/h6,8H,2-5H2,1H3. The number of hydrogen-bond acceptors (Lipinski definition) is 3. The zero-order valence-corrected chi connectivity index (χ0v) is 6.22. The lowest BCUT2D eigenvalue weighted by atomic mass is 10.0. The average molecular weight is 143 g/mol. The highest BCUT2D eigenvalue weighted by atomic mass is 16.5. The van der Waals surface area contributed by atoms with Crippen molar-refractivity contribution in [2.75, 3.05) is 13.2 Å². The van der Waals surface area contributed by atoms with Crippen LogP contribution in [0.2, 0.25) is 0 Å². The Morgan fingerprint density at radius 2 is 2.50 bits per heavy atom. The van der Waals surface area contributed by atoms with Gasteiger partial charge in [-0.3, -0.25) is 4.79 Å². The molecule has 3 heteroatoms. The van der Waals surface area contributed by atoms with Crippen molar-refractivity contribution in [3.8, 4) is 0 Å². The van der Waals surface area contributed by atoms with Gasteiger partial charge in [0.25, 0.3) is 0 Å². The number of rotatable bonds is 3. The molecule has 0 radical (unpaired) electrons. The number of hydrogen-bond donors (Lipinski definition) is 1. The Kier molecular flexibility index (Phi) is 2.68. The first-order valence-electron chi connectivity index (χ1n) is 3.72. The Morgan fingerprint density at radius 3 is 2.90 bits per heavy atom. The van der Waals surface area contributed by atoms with Gasteiger partial charge in [-0.25, -0.2) is 0 Å². The first-order valence-corrected chi connectivity index (χ1v) is 3.72. The molecule has 3 nitrogen and oxygen atoms in total. The summed E-state index contributed by atoms with van der Waals surface area (Å²) in [6.45, 7) is 3.36. The van der Waals surface area contributed by atoms with E-state index in [1.165, 1.54) is 0 Å². The van der Waals surface area contributed by atoms with Gasteiger partial charge in [0.05, 0.1) is 13.0 Å². The van der Waals surface area contributed by atoms with Gasteiger partial charge in [-0.05, 0) is 19.9 Å². The molecule has 1 unspecified atom stereocenters. The number of carbonyl (C=O) groups excluding carboxylic acids is 1. The molecule has 0 aliphatic carbocycles. The maximum Gasteiger partial charge on any atom is 0.307 e. The van der Waals surface area contributed by atoms with Crippen LogP contribution in [-0.2, 0) is 9.53 Å². The second-order valence-electron chi connectivity index (χ2n) is 2.45. The van der Waals surface area contributed by atoms with E-state index in [-0.39, 0.29) is 5.97 Å². The van der Waals surface area contributed by atoms with Crippen LogP contribution in [0.5, 0.6) is 0 Å². The van der Waals surface area contributed by atoms with Crippen LogP contribution in [0, 0.1) is 0 Å². The van der Waals surface area contributed by atoms with E-state index in [9.17, 15) is 4.79 Å². The van der Waals surface area contributed by atoms with Gasteiger partial charge in [0.1, 0.15) is 0 Å². The molecular formula is C7H13NO2. The van der Waals surface area contributed by atoms with E-state index in [2.05, 4.69) is 5.32 Å². The summed E-state index contributed by atoms with van der Waals surface area (Å²) in [7, 11) is 0. The van der Waals surface area contributed by atoms with Gasteiger partial charge >= 0.3 is 5.97 Å². The smallest absolute Gasteiger partial charge is 0.307 e. The van der Waals surface area contributed by atoms with Crippen molar-refractivity contribution in [1.82, 2.24) is 5.32 Å². The van der Waals surface area contributed by atoms with Crippen LogP contribution >= 0.6 is 0 Å². The second kappa shape index (κ2) is 3.56. The third-order valence-electron chi connectivity index (χ3n) is 1.64. The first-order chi connectivity index (χ1) is 4.83. The van der Waals surface area contributed by atoms with Crippen LogP contribution in [0.3, 0.4) is 0 Å². The highest BCUT2D eigenvalue weighted by molar-refractivity contribution is 5.70. The fourth-order valence-electron chi connectivity index (χ4n) is 0.944. The molecule has 10 heavy (non-hydrogen) atoms. The predicted octanol–water partition coefficient (Wildman–Crippen LogP) is 0.301. The largest absolute Gasteiger partial charge is 0.466 e. The summed E-state index contributed by atoms with van der Waals surface area (Å²) in [5.41, 5.74) is 0. The fourth-order valence-corrected chi connectivity index (χ4v) is 0.944. The highest BCUT2D eigenvalue weighted by Crippen LogP contribution is 2.06. The molecule has 1 rings (SSSR count). The third-order valence-corrected chi connectivity index (χ3v) is 1.64.